The van der Waals surface area contributed by atoms with Gasteiger partial charge in [0.05, 0.1) is 6.20 Å². The number of aliphatic imine (C=N–C) groups is 1. The molecule has 1 amide bonds. The van der Waals surface area contributed by atoms with Crippen LogP contribution in [0.4, 0.5) is 5.69 Å². The summed E-state index contributed by atoms with van der Waals surface area (Å²) < 4.78 is 1.84. The van der Waals surface area contributed by atoms with E-state index in [4.69, 9.17) is 11.6 Å². The summed E-state index contributed by atoms with van der Waals surface area (Å²) in [6, 6.07) is 5.50. The number of nitrogens with one attached hydrogen (secondary N) is 2. The Morgan fingerprint density at radius 2 is 2.21 bits per heavy atom. The molecule has 2 N–H and O–H groups in total. The first-order valence-corrected chi connectivity index (χ1v) is 9.85. The Labute approximate surface area is 193 Å². The molecule has 0 saturated carbocycles. The van der Waals surface area contributed by atoms with E-state index in [-0.39, 0.29) is 29.9 Å². The van der Waals surface area contributed by atoms with Crippen LogP contribution in [0.5, 0.6) is 0 Å². The molecule has 0 bridgehead atoms. The lowest BCUT2D eigenvalue weighted by molar-refractivity contribution is -0.116. The number of hydrogen-bond acceptors (Lipinski definition) is 3. The van der Waals surface area contributed by atoms with E-state index in [1.807, 2.05) is 43.0 Å². The maximum Gasteiger partial charge on any atom is 0.226 e. The van der Waals surface area contributed by atoms with Gasteiger partial charge in [-0.15, -0.1) is 24.0 Å². The van der Waals surface area contributed by atoms with Crippen molar-refractivity contribution in [1.82, 2.24) is 20.0 Å². The predicted molar refractivity (Wildman–Crippen MR) is 128 cm³/mol. The van der Waals surface area contributed by atoms with Gasteiger partial charge in [-0.25, -0.2) is 0 Å². The summed E-state index contributed by atoms with van der Waals surface area (Å²) in [6.07, 6.45) is 5.44. The summed E-state index contributed by atoms with van der Waals surface area (Å²) in [7, 11) is 3.71. The molecule has 0 aliphatic carbocycles. The molecule has 1 unspecified atom stereocenters. The Hall–Kier alpha value is -1.81. The zero-order chi connectivity index (χ0) is 20.1. The van der Waals surface area contributed by atoms with Crippen LogP contribution in [0.15, 0.2) is 35.6 Å². The molecule has 1 saturated heterocycles. The summed E-state index contributed by atoms with van der Waals surface area (Å²) >= 11 is 6.10. The van der Waals surface area contributed by atoms with Crippen LogP contribution in [0.3, 0.4) is 0 Å². The van der Waals surface area contributed by atoms with Crippen LogP contribution in [-0.2, 0) is 11.8 Å². The number of nitrogens with zero attached hydrogens (tertiary/aromatic N) is 4. The summed E-state index contributed by atoms with van der Waals surface area (Å²) in [4.78, 5) is 18.9. The van der Waals surface area contributed by atoms with Gasteiger partial charge in [0.1, 0.15) is 0 Å². The minimum absolute atomic E-state index is 0. The Kier molecular flexibility index (Phi) is 8.76. The highest BCUT2D eigenvalue weighted by Crippen LogP contribution is 2.26. The fraction of sp³-hybridized carbons (Fsp3) is 0.450. The number of aryl methyl sites for hydroxylation is 1. The smallest absolute Gasteiger partial charge is 0.226 e. The van der Waals surface area contributed by atoms with E-state index in [0.29, 0.717) is 23.9 Å². The Morgan fingerprint density at radius 1 is 1.41 bits per heavy atom. The van der Waals surface area contributed by atoms with Crippen molar-refractivity contribution in [3.63, 3.8) is 0 Å². The van der Waals surface area contributed by atoms with Crippen molar-refractivity contribution in [2.45, 2.75) is 25.7 Å². The standard InChI is InChI=1S/C20H27ClN6O.HI/c1-14-17(21)5-4-6-18(14)25-19(28)7-9-23-20(22-2)27-10-8-15(13-27)16-11-24-26(3)12-16;/h4-6,11-12,15H,7-10,13H2,1-3H3,(H,22,23)(H,25,28);1H. The van der Waals surface area contributed by atoms with Crippen LogP contribution < -0.4 is 10.6 Å². The summed E-state index contributed by atoms with van der Waals surface area (Å²) in [5, 5.41) is 11.1. The van der Waals surface area contributed by atoms with E-state index in [1.165, 1.54) is 5.56 Å². The zero-order valence-corrected chi connectivity index (χ0v) is 20.1. The molecule has 0 radical (unpaired) electrons. The molecule has 7 nitrogen and oxygen atoms in total. The second kappa shape index (κ2) is 10.8. The Morgan fingerprint density at radius 3 is 2.90 bits per heavy atom. The van der Waals surface area contributed by atoms with Gasteiger partial charge in [-0.2, -0.15) is 5.10 Å². The van der Waals surface area contributed by atoms with E-state index in [9.17, 15) is 4.79 Å². The lowest BCUT2D eigenvalue weighted by Gasteiger charge is -2.21. The number of rotatable bonds is 5. The van der Waals surface area contributed by atoms with Gasteiger partial charge in [0.25, 0.3) is 0 Å². The monoisotopic (exact) mass is 530 g/mol. The fourth-order valence-corrected chi connectivity index (χ4v) is 3.63. The van der Waals surface area contributed by atoms with E-state index in [1.54, 1.807) is 7.05 Å². The third-order valence-corrected chi connectivity index (χ3v) is 5.48. The molecular weight excluding hydrogens is 503 g/mol. The molecule has 1 fully saturated rings. The number of carbonyl (C=O) groups excluding carboxylic acids is 1. The number of carbonyl (C=O) groups is 1. The first-order valence-electron chi connectivity index (χ1n) is 9.47. The minimum atomic E-state index is -0.0528. The lowest BCUT2D eigenvalue weighted by Crippen LogP contribution is -2.41. The maximum absolute atomic E-state index is 12.2. The molecule has 1 aromatic heterocycles. The van der Waals surface area contributed by atoms with Crippen LogP contribution in [0.25, 0.3) is 0 Å². The number of likely N-dealkylation sites (tertiary alicyclic amines) is 1. The number of aromatic nitrogens is 2. The van der Waals surface area contributed by atoms with Crippen LogP contribution in [-0.4, -0.2) is 53.2 Å². The van der Waals surface area contributed by atoms with Crippen molar-refractivity contribution >= 4 is 53.1 Å². The molecule has 9 heteroatoms. The van der Waals surface area contributed by atoms with Gasteiger partial charge in [-0.05, 0) is 36.6 Å². The summed E-state index contributed by atoms with van der Waals surface area (Å²) in [5.41, 5.74) is 2.89. The average Bonchev–Trinajstić information content (AvgIpc) is 3.32. The second-order valence-corrected chi connectivity index (χ2v) is 7.47. The summed E-state index contributed by atoms with van der Waals surface area (Å²) in [6.45, 7) is 4.25. The molecular formula is C20H28ClIN6O. The van der Waals surface area contributed by atoms with Crippen LogP contribution in [0.1, 0.15) is 29.9 Å². The Balaban J connectivity index is 0.00000300. The largest absolute Gasteiger partial charge is 0.356 e. The van der Waals surface area contributed by atoms with Crippen molar-refractivity contribution in [1.29, 1.82) is 0 Å². The molecule has 1 aromatic carbocycles. The van der Waals surface area contributed by atoms with E-state index in [0.717, 1.165) is 36.7 Å². The van der Waals surface area contributed by atoms with Crippen molar-refractivity contribution in [2.24, 2.45) is 12.0 Å². The molecule has 2 aromatic rings. The van der Waals surface area contributed by atoms with Crippen LogP contribution in [0.2, 0.25) is 5.02 Å². The lowest BCUT2D eigenvalue weighted by atomic mass is 10.0. The van der Waals surface area contributed by atoms with Crippen molar-refractivity contribution in [3.05, 3.63) is 46.7 Å². The van der Waals surface area contributed by atoms with Gasteiger partial charge < -0.3 is 15.5 Å². The van der Waals surface area contributed by atoms with Gasteiger partial charge >= 0.3 is 0 Å². The SMILES string of the molecule is CN=C(NCCC(=O)Nc1cccc(Cl)c1C)N1CCC(c2cnn(C)c2)C1.I. The van der Waals surface area contributed by atoms with Crippen LogP contribution >= 0.6 is 35.6 Å². The first kappa shape index (κ1) is 23.5. The minimum Gasteiger partial charge on any atom is -0.356 e. The molecule has 1 aliphatic heterocycles. The van der Waals surface area contributed by atoms with Gasteiger partial charge in [0, 0.05) is 63.0 Å². The topological polar surface area (TPSA) is 74.6 Å². The number of halogens is 2. The number of amides is 1. The molecule has 0 spiro atoms. The predicted octanol–water partition coefficient (Wildman–Crippen LogP) is 3.39. The maximum atomic E-state index is 12.2. The molecule has 1 atom stereocenters. The summed E-state index contributed by atoms with van der Waals surface area (Å²) in [5.74, 6) is 1.24. The van der Waals surface area contributed by atoms with E-state index < -0.39 is 0 Å². The zero-order valence-electron chi connectivity index (χ0n) is 17.0. The molecule has 1 aliphatic rings. The van der Waals surface area contributed by atoms with Gasteiger partial charge in [-0.3, -0.25) is 14.5 Å². The normalized spacial score (nSPS) is 16.5. The molecule has 2 heterocycles. The average molecular weight is 531 g/mol. The third-order valence-electron chi connectivity index (χ3n) is 5.07. The molecule has 158 valence electrons. The number of guanidine groups is 1. The highest BCUT2D eigenvalue weighted by molar-refractivity contribution is 14.0. The van der Waals surface area contributed by atoms with E-state index in [2.05, 4.69) is 31.8 Å². The third kappa shape index (κ3) is 6.08. The van der Waals surface area contributed by atoms with Gasteiger partial charge in [-0.1, -0.05) is 17.7 Å². The van der Waals surface area contributed by atoms with Crippen molar-refractivity contribution < 1.29 is 4.79 Å². The number of hydrogen-bond donors (Lipinski definition) is 2. The quantitative estimate of drug-likeness (QED) is 0.353. The van der Waals surface area contributed by atoms with Crippen molar-refractivity contribution in [3.8, 4) is 0 Å². The number of benzene rings is 1. The van der Waals surface area contributed by atoms with Crippen LogP contribution in [0, 0.1) is 6.92 Å². The highest BCUT2D eigenvalue weighted by Gasteiger charge is 2.26. The van der Waals surface area contributed by atoms with Gasteiger partial charge in [0.2, 0.25) is 5.91 Å². The van der Waals surface area contributed by atoms with Crippen molar-refractivity contribution in [2.75, 3.05) is 32.0 Å². The number of anilines is 1. The van der Waals surface area contributed by atoms with E-state index >= 15 is 0 Å². The second-order valence-electron chi connectivity index (χ2n) is 7.06. The molecule has 29 heavy (non-hydrogen) atoms. The Bertz CT molecular complexity index is 868. The molecule has 3 rings (SSSR count). The first-order chi connectivity index (χ1) is 13.5. The highest BCUT2D eigenvalue weighted by atomic mass is 127. The fourth-order valence-electron chi connectivity index (χ4n) is 3.45. The van der Waals surface area contributed by atoms with Gasteiger partial charge in [0.15, 0.2) is 5.96 Å².